The highest BCUT2D eigenvalue weighted by atomic mass is 16.1. The maximum absolute atomic E-state index is 10.6. The second-order valence-electron chi connectivity index (χ2n) is 6.30. The maximum Gasteiger partial charge on any atom is 0.237 e. The van der Waals surface area contributed by atoms with Gasteiger partial charge in [-0.15, -0.1) is 0 Å². The van der Waals surface area contributed by atoms with Crippen molar-refractivity contribution >= 4 is 18.2 Å². The molecule has 1 atom stereocenters. The van der Waals surface area contributed by atoms with Gasteiger partial charge in [0.2, 0.25) is 18.2 Å². The van der Waals surface area contributed by atoms with E-state index in [4.69, 9.17) is 0 Å². The normalized spacial score (nSPS) is 32.4. The Kier molecular flexibility index (Phi) is 4.33. The molecular weight excluding hydrogens is 246 g/mol. The quantitative estimate of drug-likeness (QED) is 0.573. The van der Waals surface area contributed by atoms with Gasteiger partial charge in [-0.3, -0.25) is 0 Å². The van der Waals surface area contributed by atoms with Gasteiger partial charge in [0.25, 0.3) is 0 Å². The van der Waals surface area contributed by atoms with Crippen LogP contribution in [0.4, 0.5) is 0 Å². The van der Waals surface area contributed by atoms with Crippen molar-refractivity contribution in [2.75, 3.05) is 6.54 Å². The summed E-state index contributed by atoms with van der Waals surface area (Å²) >= 11 is 0. The minimum atomic E-state index is -1.14. The van der Waals surface area contributed by atoms with Crippen molar-refractivity contribution in [1.82, 2.24) is 0 Å². The summed E-state index contributed by atoms with van der Waals surface area (Å²) in [5.41, 5.74) is -1.70. The van der Waals surface area contributed by atoms with Crippen LogP contribution in [0.1, 0.15) is 40.0 Å². The summed E-state index contributed by atoms with van der Waals surface area (Å²) in [4.78, 5) is 42.6. The molecule has 1 aliphatic carbocycles. The molecule has 0 aromatic rings. The van der Waals surface area contributed by atoms with Crippen LogP contribution < -0.4 is 0 Å². The molecule has 6 heteroatoms. The summed E-state index contributed by atoms with van der Waals surface area (Å²) in [6, 6.07) is 0. The van der Waals surface area contributed by atoms with E-state index in [0.29, 0.717) is 12.8 Å². The molecule has 102 valence electrons. The van der Waals surface area contributed by atoms with E-state index in [9.17, 15) is 14.4 Å². The third-order valence-corrected chi connectivity index (χ3v) is 3.41. The average Bonchev–Trinajstić information content (AvgIpc) is 2.24. The van der Waals surface area contributed by atoms with E-state index in [2.05, 4.69) is 15.0 Å². The van der Waals surface area contributed by atoms with E-state index in [1.807, 2.05) is 20.8 Å². The molecule has 1 unspecified atom stereocenters. The lowest BCUT2D eigenvalue weighted by Crippen LogP contribution is -2.46. The van der Waals surface area contributed by atoms with E-state index >= 15 is 0 Å². The van der Waals surface area contributed by atoms with Crippen molar-refractivity contribution < 1.29 is 14.4 Å². The molecule has 0 aliphatic heterocycles. The van der Waals surface area contributed by atoms with Crippen molar-refractivity contribution in [3.05, 3.63) is 0 Å². The van der Waals surface area contributed by atoms with E-state index in [1.54, 1.807) is 0 Å². The number of aliphatic imine (C=N–C) groups is 3. The Bertz CT molecular complexity index is 477. The second kappa shape index (κ2) is 5.41. The Hall–Kier alpha value is -1.86. The van der Waals surface area contributed by atoms with Crippen LogP contribution >= 0.6 is 0 Å². The van der Waals surface area contributed by atoms with E-state index < -0.39 is 5.66 Å². The summed E-state index contributed by atoms with van der Waals surface area (Å²) in [5.74, 6) is 0. The number of carbonyl (C=O) groups excluding carboxylic acids is 3. The smallest absolute Gasteiger partial charge is 0.211 e. The Morgan fingerprint density at radius 3 is 1.95 bits per heavy atom. The molecule has 0 aromatic heterocycles. The molecule has 1 fully saturated rings. The molecule has 0 bridgehead atoms. The Labute approximate surface area is 111 Å². The zero-order chi connectivity index (χ0) is 14.6. The van der Waals surface area contributed by atoms with Gasteiger partial charge in [-0.2, -0.15) is 9.98 Å². The first-order chi connectivity index (χ1) is 8.80. The number of rotatable bonds is 4. The fourth-order valence-electron chi connectivity index (χ4n) is 3.48. The minimum Gasteiger partial charge on any atom is -0.211 e. The number of nitrogens with zero attached hydrogens (tertiary/aromatic N) is 3. The van der Waals surface area contributed by atoms with Crippen LogP contribution in [0.15, 0.2) is 15.0 Å². The molecule has 1 rings (SSSR count). The number of isocyanates is 3. The van der Waals surface area contributed by atoms with Gasteiger partial charge < -0.3 is 0 Å². The van der Waals surface area contributed by atoms with Crippen LogP contribution in [0.3, 0.4) is 0 Å². The first-order valence-electron chi connectivity index (χ1n) is 6.02. The van der Waals surface area contributed by atoms with Crippen molar-refractivity contribution in [3.8, 4) is 0 Å². The molecule has 0 radical (unpaired) electrons. The fraction of sp³-hybridized carbons (Fsp3) is 0.769. The predicted molar refractivity (Wildman–Crippen MR) is 67.7 cm³/mol. The lowest BCUT2D eigenvalue weighted by molar-refractivity contribution is 0.0476. The monoisotopic (exact) mass is 263 g/mol. The standard InChI is InChI=1S/C13H17N3O3/c1-11(2)4-12(3,7-14-8-17)6-13(5-11,15-9-18)16-10-19/h4-7H2,1-3H3. The van der Waals surface area contributed by atoms with Gasteiger partial charge in [-0.1, -0.05) is 20.8 Å². The van der Waals surface area contributed by atoms with Crippen molar-refractivity contribution in [3.63, 3.8) is 0 Å². The molecule has 0 amide bonds. The third kappa shape index (κ3) is 3.80. The number of hydrogen-bond donors (Lipinski definition) is 0. The van der Waals surface area contributed by atoms with Crippen LogP contribution in [0.25, 0.3) is 0 Å². The van der Waals surface area contributed by atoms with Crippen LogP contribution in [-0.4, -0.2) is 30.4 Å². The van der Waals surface area contributed by atoms with Gasteiger partial charge in [-0.05, 0) is 23.7 Å². The molecule has 19 heavy (non-hydrogen) atoms. The zero-order valence-electron chi connectivity index (χ0n) is 11.4. The molecule has 0 spiro atoms. The first-order valence-corrected chi connectivity index (χ1v) is 6.02. The van der Waals surface area contributed by atoms with Crippen LogP contribution in [0.5, 0.6) is 0 Å². The highest BCUT2D eigenvalue weighted by Crippen LogP contribution is 2.52. The maximum atomic E-state index is 10.6. The SMILES string of the molecule is CC1(C)CC(C)(CN=C=O)CC(N=C=O)(N=C=O)C1. The van der Waals surface area contributed by atoms with Gasteiger partial charge >= 0.3 is 0 Å². The summed E-state index contributed by atoms with van der Waals surface area (Å²) in [6.07, 6.45) is 6.11. The Balaban J connectivity index is 3.23. The molecule has 1 aliphatic rings. The second-order valence-corrected chi connectivity index (χ2v) is 6.30. The average molecular weight is 263 g/mol. The van der Waals surface area contributed by atoms with Crippen molar-refractivity contribution in [1.29, 1.82) is 0 Å². The molecule has 0 aromatic carbocycles. The van der Waals surface area contributed by atoms with E-state index in [0.717, 1.165) is 6.42 Å². The third-order valence-electron chi connectivity index (χ3n) is 3.41. The summed E-state index contributed by atoms with van der Waals surface area (Å²) in [5, 5.41) is 0. The highest BCUT2D eigenvalue weighted by Gasteiger charge is 2.50. The first kappa shape index (κ1) is 15.2. The zero-order valence-corrected chi connectivity index (χ0v) is 11.4. The Morgan fingerprint density at radius 1 is 0.895 bits per heavy atom. The lowest BCUT2D eigenvalue weighted by Gasteiger charge is -2.47. The predicted octanol–water partition coefficient (Wildman–Crippen LogP) is 1.91. The molecule has 0 saturated heterocycles. The summed E-state index contributed by atoms with van der Waals surface area (Å²) in [6.45, 7) is 6.21. The minimum absolute atomic E-state index is 0.188. The van der Waals surface area contributed by atoms with Gasteiger partial charge in [0.05, 0.1) is 6.54 Å². The van der Waals surface area contributed by atoms with E-state index in [-0.39, 0.29) is 17.4 Å². The highest BCUT2D eigenvalue weighted by molar-refractivity contribution is 5.40. The number of hydrogen-bond acceptors (Lipinski definition) is 6. The van der Waals surface area contributed by atoms with Gasteiger partial charge in [0.15, 0.2) is 5.66 Å². The Morgan fingerprint density at radius 2 is 1.47 bits per heavy atom. The van der Waals surface area contributed by atoms with Gasteiger partial charge in [-0.25, -0.2) is 19.4 Å². The van der Waals surface area contributed by atoms with Crippen LogP contribution in [-0.2, 0) is 14.4 Å². The summed E-state index contributed by atoms with van der Waals surface area (Å²) in [7, 11) is 0. The van der Waals surface area contributed by atoms with Crippen LogP contribution in [0, 0.1) is 10.8 Å². The van der Waals surface area contributed by atoms with Gasteiger partial charge in [0.1, 0.15) is 0 Å². The van der Waals surface area contributed by atoms with Crippen molar-refractivity contribution in [2.45, 2.75) is 45.7 Å². The lowest BCUT2D eigenvalue weighted by atomic mass is 9.60. The van der Waals surface area contributed by atoms with E-state index in [1.165, 1.54) is 18.2 Å². The van der Waals surface area contributed by atoms with Crippen LogP contribution in [0.2, 0.25) is 0 Å². The molecule has 1 saturated carbocycles. The largest absolute Gasteiger partial charge is 0.237 e. The van der Waals surface area contributed by atoms with Gasteiger partial charge in [0, 0.05) is 6.42 Å². The molecular formula is C13H17N3O3. The topological polar surface area (TPSA) is 88.3 Å². The fourth-order valence-corrected chi connectivity index (χ4v) is 3.48. The summed E-state index contributed by atoms with van der Waals surface area (Å²) < 4.78 is 0. The molecule has 0 N–H and O–H groups in total. The van der Waals surface area contributed by atoms with Crippen molar-refractivity contribution in [2.24, 2.45) is 25.8 Å². The molecule has 0 heterocycles. The molecule has 6 nitrogen and oxygen atoms in total.